The molecule has 18 heavy (non-hydrogen) atoms. The Morgan fingerprint density at radius 2 is 1.67 bits per heavy atom. The predicted octanol–water partition coefficient (Wildman–Crippen LogP) is 4.62. The molecule has 0 amide bonds. The van der Waals surface area contributed by atoms with Gasteiger partial charge in [-0.2, -0.15) is 0 Å². The Kier molecular flexibility index (Phi) is 2.63. The van der Waals surface area contributed by atoms with Gasteiger partial charge in [0.15, 0.2) is 5.58 Å². The highest BCUT2D eigenvalue weighted by Gasteiger charge is 2.07. The van der Waals surface area contributed by atoms with Gasteiger partial charge in [0.1, 0.15) is 5.52 Å². The van der Waals surface area contributed by atoms with Crippen molar-refractivity contribution in [2.75, 3.05) is 0 Å². The van der Waals surface area contributed by atoms with Crippen molar-refractivity contribution in [2.45, 2.75) is 19.8 Å². The monoisotopic (exact) mass is 237 g/mol. The Labute approximate surface area is 106 Å². The lowest BCUT2D eigenvalue weighted by Gasteiger charge is -2.04. The van der Waals surface area contributed by atoms with Crippen LogP contribution < -0.4 is 0 Å². The van der Waals surface area contributed by atoms with Crippen LogP contribution in [-0.4, -0.2) is 4.98 Å². The van der Waals surface area contributed by atoms with Gasteiger partial charge in [-0.3, -0.25) is 0 Å². The fourth-order valence-corrected chi connectivity index (χ4v) is 2.01. The minimum Gasteiger partial charge on any atom is -0.436 e. The van der Waals surface area contributed by atoms with E-state index in [1.165, 1.54) is 5.56 Å². The van der Waals surface area contributed by atoms with Crippen molar-refractivity contribution in [1.29, 1.82) is 0 Å². The van der Waals surface area contributed by atoms with Gasteiger partial charge in [0.05, 0.1) is 0 Å². The smallest absolute Gasteiger partial charge is 0.227 e. The average molecular weight is 237 g/mol. The van der Waals surface area contributed by atoms with Crippen LogP contribution in [0, 0.1) is 0 Å². The van der Waals surface area contributed by atoms with Crippen LogP contribution in [0.2, 0.25) is 0 Å². The molecule has 3 aromatic rings. The zero-order valence-electron chi connectivity index (χ0n) is 10.6. The second-order valence-electron chi connectivity index (χ2n) is 4.76. The third-order valence-electron chi connectivity index (χ3n) is 3.12. The minimum absolute atomic E-state index is 0.544. The summed E-state index contributed by atoms with van der Waals surface area (Å²) < 4.78 is 5.74. The first-order valence-electron chi connectivity index (χ1n) is 6.20. The molecule has 0 saturated carbocycles. The highest BCUT2D eigenvalue weighted by Crippen LogP contribution is 2.25. The molecule has 1 aromatic heterocycles. The van der Waals surface area contributed by atoms with Crippen LogP contribution in [0.4, 0.5) is 0 Å². The van der Waals surface area contributed by atoms with Crippen molar-refractivity contribution in [1.82, 2.24) is 4.98 Å². The average Bonchev–Trinajstić information content (AvgIpc) is 2.82. The Balaban J connectivity index is 2.03. The molecule has 0 unspecified atom stereocenters. The molecule has 0 radical (unpaired) electrons. The molecule has 3 rings (SSSR count). The lowest BCUT2D eigenvalue weighted by Crippen LogP contribution is -1.86. The summed E-state index contributed by atoms with van der Waals surface area (Å²) >= 11 is 0. The van der Waals surface area contributed by atoms with E-state index in [2.05, 4.69) is 43.1 Å². The van der Waals surface area contributed by atoms with Crippen LogP contribution in [-0.2, 0) is 0 Å². The van der Waals surface area contributed by atoms with Crippen LogP contribution >= 0.6 is 0 Å². The van der Waals surface area contributed by atoms with E-state index in [1.807, 2.05) is 24.3 Å². The molecule has 2 aromatic carbocycles. The SMILES string of the molecule is CC(C)c1ccc(-c2nc3ccccc3o2)cc1. The third kappa shape index (κ3) is 1.90. The molecule has 0 aliphatic rings. The maximum atomic E-state index is 5.74. The van der Waals surface area contributed by atoms with Crippen LogP contribution in [0.5, 0.6) is 0 Å². The molecule has 2 heteroatoms. The van der Waals surface area contributed by atoms with Crippen molar-refractivity contribution >= 4 is 11.1 Å². The fourth-order valence-electron chi connectivity index (χ4n) is 2.01. The minimum atomic E-state index is 0.544. The van der Waals surface area contributed by atoms with Gasteiger partial charge in [-0.15, -0.1) is 0 Å². The van der Waals surface area contributed by atoms with Gasteiger partial charge in [-0.1, -0.05) is 38.1 Å². The Morgan fingerprint density at radius 1 is 0.944 bits per heavy atom. The van der Waals surface area contributed by atoms with Crippen molar-refractivity contribution in [2.24, 2.45) is 0 Å². The number of nitrogens with zero attached hydrogens (tertiary/aromatic N) is 1. The number of para-hydroxylation sites is 2. The lowest BCUT2D eigenvalue weighted by atomic mass is 10.0. The van der Waals surface area contributed by atoms with Crippen LogP contribution in [0.1, 0.15) is 25.3 Å². The van der Waals surface area contributed by atoms with Crippen LogP contribution in [0.15, 0.2) is 52.9 Å². The summed E-state index contributed by atoms with van der Waals surface area (Å²) in [5.41, 5.74) is 4.09. The van der Waals surface area contributed by atoms with Gasteiger partial charge in [0.25, 0.3) is 0 Å². The molecule has 0 N–H and O–H groups in total. The molecule has 0 saturated heterocycles. The molecule has 90 valence electrons. The van der Waals surface area contributed by atoms with Crippen molar-refractivity contribution < 1.29 is 4.42 Å². The van der Waals surface area contributed by atoms with Crippen molar-refractivity contribution in [3.8, 4) is 11.5 Å². The second-order valence-corrected chi connectivity index (χ2v) is 4.76. The molecule has 0 aliphatic heterocycles. The molecule has 0 aliphatic carbocycles. The number of hydrogen-bond donors (Lipinski definition) is 0. The zero-order valence-corrected chi connectivity index (χ0v) is 10.6. The van der Waals surface area contributed by atoms with Gasteiger partial charge in [0, 0.05) is 5.56 Å². The zero-order chi connectivity index (χ0) is 12.5. The number of benzene rings is 2. The van der Waals surface area contributed by atoms with Gasteiger partial charge in [-0.25, -0.2) is 4.98 Å². The van der Waals surface area contributed by atoms with Gasteiger partial charge in [-0.05, 0) is 35.7 Å². The second kappa shape index (κ2) is 4.30. The third-order valence-corrected chi connectivity index (χ3v) is 3.12. The lowest BCUT2D eigenvalue weighted by molar-refractivity contribution is 0.620. The Bertz CT molecular complexity index is 632. The van der Waals surface area contributed by atoms with E-state index in [-0.39, 0.29) is 0 Å². The molecular weight excluding hydrogens is 222 g/mol. The highest BCUT2D eigenvalue weighted by atomic mass is 16.3. The van der Waals surface area contributed by atoms with E-state index < -0.39 is 0 Å². The summed E-state index contributed by atoms with van der Waals surface area (Å²) in [6, 6.07) is 16.2. The van der Waals surface area contributed by atoms with Crippen molar-refractivity contribution in [3.05, 3.63) is 54.1 Å². The van der Waals surface area contributed by atoms with E-state index in [1.54, 1.807) is 0 Å². The number of rotatable bonds is 2. The Hall–Kier alpha value is -2.09. The maximum Gasteiger partial charge on any atom is 0.227 e. The molecule has 1 heterocycles. The van der Waals surface area contributed by atoms with E-state index in [0.29, 0.717) is 11.8 Å². The number of aromatic nitrogens is 1. The molecule has 0 fully saturated rings. The normalized spacial score (nSPS) is 11.3. The molecule has 0 spiro atoms. The van der Waals surface area contributed by atoms with Crippen molar-refractivity contribution in [3.63, 3.8) is 0 Å². The maximum absolute atomic E-state index is 5.74. The summed E-state index contributed by atoms with van der Waals surface area (Å²) in [5.74, 6) is 1.23. The predicted molar refractivity (Wildman–Crippen MR) is 73.5 cm³/mol. The van der Waals surface area contributed by atoms with E-state index in [4.69, 9.17) is 4.42 Å². The highest BCUT2D eigenvalue weighted by molar-refractivity contribution is 5.75. The number of fused-ring (bicyclic) bond motifs is 1. The summed E-state index contributed by atoms with van der Waals surface area (Å²) in [6.07, 6.45) is 0. The van der Waals surface area contributed by atoms with E-state index in [9.17, 15) is 0 Å². The fraction of sp³-hybridized carbons (Fsp3) is 0.188. The first-order chi connectivity index (χ1) is 8.74. The summed E-state index contributed by atoms with van der Waals surface area (Å²) in [6.45, 7) is 4.38. The summed E-state index contributed by atoms with van der Waals surface area (Å²) in [7, 11) is 0. The standard InChI is InChI=1S/C16H15NO/c1-11(2)12-7-9-13(10-8-12)16-17-14-5-3-4-6-15(14)18-16/h3-11H,1-2H3. The van der Waals surface area contributed by atoms with E-state index in [0.717, 1.165) is 16.7 Å². The van der Waals surface area contributed by atoms with Gasteiger partial charge >= 0.3 is 0 Å². The van der Waals surface area contributed by atoms with E-state index >= 15 is 0 Å². The largest absolute Gasteiger partial charge is 0.436 e. The summed E-state index contributed by atoms with van der Waals surface area (Å²) in [4.78, 5) is 4.49. The number of hydrogen-bond acceptors (Lipinski definition) is 2. The first-order valence-corrected chi connectivity index (χ1v) is 6.20. The van der Waals surface area contributed by atoms with Gasteiger partial charge in [0.2, 0.25) is 5.89 Å². The topological polar surface area (TPSA) is 26.0 Å². The first kappa shape index (κ1) is 11.0. The number of oxazole rings is 1. The summed E-state index contributed by atoms with van der Waals surface area (Å²) in [5, 5.41) is 0. The molecule has 0 atom stereocenters. The van der Waals surface area contributed by atoms with Gasteiger partial charge < -0.3 is 4.42 Å². The Morgan fingerprint density at radius 3 is 2.33 bits per heavy atom. The molecule has 0 bridgehead atoms. The van der Waals surface area contributed by atoms with Crippen LogP contribution in [0.25, 0.3) is 22.6 Å². The molecule has 2 nitrogen and oxygen atoms in total. The molecular formula is C16H15NO. The van der Waals surface area contributed by atoms with Crippen LogP contribution in [0.3, 0.4) is 0 Å². The quantitative estimate of drug-likeness (QED) is 0.650.